The first-order chi connectivity index (χ1) is 24.6. The van der Waals surface area contributed by atoms with Crippen molar-refractivity contribution in [2.45, 2.75) is 25.4 Å². The Morgan fingerprint density at radius 3 is 1.82 bits per heavy atom. The third kappa shape index (κ3) is 6.03. The molecule has 7 rings (SSSR count). The summed E-state index contributed by atoms with van der Waals surface area (Å²) in [5.41, 5.74) is 6.35. The van der Waals surface area contributed by atoms with Crippen LogP contribution < -0.4 is 4.90 Å². The van der Waals surface area contributed by atoms with Crippen molar-refractivity contribution in [2.24, 2.45) is 0 Å². The van der Waals surface area contributed by atoms with E-state index in [2.05, 4.69) is 95.0 Å². The third-order valence-corrected chi connectivity index (χ3v) is 8.98. The van der Waals surface area contributed by atoms with Crippen LogP contribution in [0.2, 0.25) is 0 Å². The standard InChI is InChI=1S/C42H36N6O2/c1-2-29-47(39-38(41(49)50)23-14-28-43-39)30-31-24-26-32(27-25-31)36-21-12-13-22-37(36)40-44-45-46-48(40)42(33-15-6-3-7-16-33,34-17-8-4-9-18-34)35-19-10-5-11-20-35/h3-28H,2,29-30H2,1H3,(H,49,50). The SMILES string of the molecule is CCCN(Cc1ccc(-c2ccccc2-c2nnnn2C(c2ccccc2)(c2ccccc2)c2ccccc2)cc1)c1ncccc1C(=O)O. The zero-order valence-electron chi connectivity index (χ0n) is 27.7. The fourth-order valence-electron chi connectivity index (χ4n) is 6.77. The molecule has 0 bridgehead atoms. The van der Waals surface area contributed by atoms with E-state index < -0.39 is 11.5 Å². The number of carboxylic acid groups (broad SMARTS) is 1. The summed E-state index contributed by atoms with van der Waals surface area (Å²) in [5.74, 6) is 0.118. The van der Waals surface area contributed by atoms with E-state index in [0.29, 0.717) is 24.7 Å². The second-order valence-electron chi connectivity index (χ2n) is 12.1. The first-order valence-electron chi connectivity index (χ1n) is 16.7. The molecule has 1 N–H and O–H groups in total. The normalized spacial score (nSPS) is 11.3. The van der Waals surface area contributed by atoms with E-state index in [0.717, 1.165) is 45.4 Å². The molecule has 0 saturated carbocycles. The number of hydrogen-bond acceptors (Lipinski definition) is 6. The highest BCUT2D eigenvalue weighted by molar-refractivity contribution is 5.93. The number of carboxylic acids is 1. The minimum Gasteiger partial charge on any atom is -0.478 e. The molecule has 2 aromatic heterocycles. The number of aromatic carboxylic acids is 1. The van der Waals surface area contributed by atoms with Crippen LogP contribution in [0.25, 0.3) is 22.5 Å². The summed E-state index contributed by atoms with van der Waals surface area (Å²) in [7, 11) is 0. The molecule has 5 aromatic carbocycles. The zero-order valence-corrected chi connectivity index (χ0v) is 27.7. The van der Waals surface area contributed by atoms with E-state index in [-0.39, 0.29) is 5.56 Å². The van der Waals surface area contributed by atoms with Gasteiger partial charge in [-0.1, -0.05) is 146 Å². The number of carbonyl (C=O) groups is 1. The van der Waals surface area contributed by atoms with Crippen LogP contribution in [0.3, 0.4) is 0 Å². The smallest absolute Gasteiger partial charge is 0.339 e. The second kappa shape index (κ2) is 14.4. The number of rotatable bonds is 12. The van der Waals surface area contributed by atoms with E-state index in [1.807, 2.05) is 76.3 Å². The van der Waals surface area contributed by atoms with Gasteiger partial charge in [-0.2, -0.15) is 0 Å². The van der Waals surface area contributed by atoms with Crippen molar-refractivity contribution < 1.29 is 9.90 Å². The van der Waals surface area contributed by atoms with Gasteiger partial charge in [0.1, 0.15) is 16.9 Å². The van der Waals surface area contributed by atoms with E-state index in [9.17, 15) is 9.90 Å². The molecule has 0 aliphatic rings. The van der Waals surface area contributed by atoms with Gasteiger partial charge in [0.15, 0.2) is 5.82 Å². The summed E-state index contributed by atoms with van der Waals surface area (Å²) >= 11 is 0. The Morgan fingerprint density at radius 1 is 0.700 bits per heavy atom. The highest BCUT2D eigenvalue weighted by Gasteiger charge is 2.42. The Labute approximate surface area is 291 Å². The van der Waals surface area contributed by atoms with Crippen molar-refractivity contribution >= 4 is 11.8 Å². The van der Waals surface area contributed by atoms with Gasteiger partial charge in [0.25, 0.3) is 0 Å². The predicted octanol–water partition coefficient (Wildman–Crippen LogP) is 8.36. The lowest BCUT2D eigenvalue weighted by molar-refractivity contribution is 0.0697. The molecule has 2 heterocycles. The zero-order chi connectivity index (χ0) is 34.3. The fraction of sp³-hybridized carbons (Fsp3) is 0.119. The molecule has 0 aliphatic heterocycles. The van der Waals surface area contributed by atoms with Gasteiger partial charge in [0.05, 0.1) is 0 Å². The van der Waals surface area contributed by atoms with Crippen molar-refractivity contribution in [2.75, 3.05) is 11.4 Å². The number of nitrogens with zero attached hydrogens (tertiary/aromatic N) is 6. The van der Waals surface area contributed by atoms with Gasteiger partial charge >= 0.3 is 5.97 Å². The van der Waals surface area contributed by atoms with Gasteiger partial charge in [0.2, 0.25) is 0 Å². The van der Waals surface area contributed by atoms with Crippen LogP contribution in [0.5, 0.6) is 0 Å². The lowest BCUT2D eigenvalue weighted by atomic mass is 9.77. The quantitative estimate of drug-likeness (QED) is 0.132. The topological polar surface area (TPSA) is 97.0 Å². The van der Waals surface area contributed by atoms with Crippen molar-refractivity contribution in [3.8, 4) is 22.5 Å². The number of hydrogen-bond donors (Lipinski definition) is 1. The molecular weight excluding hydrogens is 621 g/mol. The molecule has 0 amide bonds. The first kappa shape index (κ1) is 32.2. The number of aromatic nitrogens is 5. The first-order valence-corrected chi connectivity index (χ1v) is 16.7. The average molecular weight is 657 g/mol. The summed E-state index contributed by atoms with van der Waals surface area (Å²) in [6, 6.07) is 50.9. The fourth-order valence-corrected chi connectivity index (χ4v) is 6.77. The van der Waals surface area contributed by atoms with Crippen LogP contribution in [0.1, 0.15) is 46.0 Å². The molecule has 0 saturated heterocycles. The van der Waals surface area contributed by atoms with Crippen LogP contribution in [0.4, 0.5) is 5.82 Å². The third-order valence-electron chi connectivity index (χ3n) is 8.98. The highest BCUT2D eigenvalue weighted by Crippen LogP contribution is 2.43. The van der Waals surface area contributed by atoms with Gasteiger partial charge < -0.3 is 10.0 Å². The van der Waals surface area contributed by atoms with Crippen molar-refractivity contribution in [1.29, 1.82) is 0 Å². The summed E-state index contributed by atoms with van der Waals surface area (Å²) < 4.78 is 1.95. The Hall–Kier alpha value is -6.41. The van der Waals surface area contributed by atoms with Crippen LogP contribution >= 0.6 is 0 Å². The predicted molar refractivity (Wildman–Crippen MR) is 196 cm³/mol. The van der Waals surface area contributed by atoms with Gasteiger partial charge in [-0.25, -0.2) is 14.5 Å². The van der Waals surface area contributed by atoms with Crippen molar-refractivity contribution in [3.63, 3.8) is 0 Å². The number of tetrazole rings is 1. The van der Waals surface area contributed by atoms with Crippen molar-refractivity contribution in [3.05, 3.63) is 186 Å². The molecule has 0 unspecified atom stereocenters. The van der Waals surface area contributed by atoms with E-state index >= 15 is 0 Å². The molecule has 0 atom stereocenters. The molecule has 0 radical (unpaired) electrons. The largest absolute Gasteiger partial charge is 0.478 e. The summed E-state index contributed by atoms with van der Waals surface area (Å²) in [6.45, 7) is 3.28. The molecule has 8 nitrogen and oxygen atoms in total. The summed E-state index contributed by atoms with van der Waals surface area (Å²) in [5, 5.41) is 23.5. The number of anilines is 1. The molecule has 0 aliphatic carbocycles. The molecule has 246 valence electrons. The maximum absolute atomic E-state index is 12.0. The summed E-state index contributed by atoms with van der Waals surface area (Å²) in [6.07, 6.45) is 2.49. The van der Waals surface area contributed by atoms with Crippen LogP contribution in [0.15, 0.2) is 158 Å². The average Bonchev–Trinajstić information content (AvgIpc) is 3.67. The summed E-state index contributed by atoms with van der Waals surface area (Å²) in [4.78, 5) is 18.4. The minimum absolute atomic E-state index is 0.196. The Balaban J connectivity index is 1.32. The van der Waals surface area contributed by atoms with E-state index in [4.69, 9.17) is 5.21 Å². The van der Waals surface area contributed by atoms with Gasteiger partial charge in [-0.3, -0.25) is 0 Å². The van der Waals surface area contributed by atoms with Crippen LogP contribution in [0, 0.1) is 0 Å². The van der Waals surface area contributed by atoms with Gasteiger partial charge in [0, 0.05) is 24.8 Å². The maximum atomic E-state index is 12.0. The second-order valence-corrected chi connectivity index (χ2v) is 12.1. The Bertz CT molecular complexity index is 2090. The van der Waals surface area contributed by atoms with E-state index in [1.165, 1.54) is 0 Å². The minimum atomic E-state index is -0.987. The van der Waals surface area contributed by atoms with Crippen LogP contribution in [-0.2, 0) is 12.1 Å². The Kier molecular flexibility index (Phi) is 9.24. The molecule has 0 fully saturated rings. The van der Waals surface area contributed by atoms with E-state index in [1.54, 1.807) is 18.3 Å². The van der Waals surface area contributed by atoms with Gasteiger partial charge in [-0.15, -0.1) is 5.10 Å². The van der Waals surface area contributed by atoms with Crippen molar-refractivity contribution in [1.82, 2.24) is 25.2 Å². The lowest BCUT2D eigenvalue weighted by Gasteiger charge is -2.36. The molecular formula is C42H36N6O2. The molecule has 50 heavy (non-hydrogen) atoms. The highest BCUT2D eigenvalue weighted by atomic mass is 16.4. The monoisotopic (exact) mass is 656 g/mol. The van der Waals surface area contributed by atoms with Gasteiger partial charge in [-0.05, 0) is 62.4 Å². The maximum Gasteiger partial charge on any atom is 0.339 e. The number of benzene rings is 5. The number of pyridine rings is 1. The lowest BCUT2D eigenvalue weighted by Crippen LogP contribution is -2.39. The van der Waals surface area contributed by atoms with Crippen LogP contribution in [-0.4, -0.2) is 42.8 Å². The molecule has 7 aromatic rings. The molecule has 0 spiro atoms. The Morgan fingerprint density at radius 2 is 1.26 bits per heavy atom. The molecule has 8 heteroatoms.